The quantitative estimate of drug-likeness (QED) is 0.426. The van der Waals surface area contributed by atoms with E-state index >= 15 is 0 Å². The van der Waals surface area contributed by atoms with Gasteiger partial charge in [0.2, 0.25) is 5.82 Å². The Morgan fingerprint density at radius 3 is 3.07 bits per heavy atom. The molecule has 0 fully saturated rings. The maximum Gasteiger partial charge on any atom is 0.333 e. The third-order valence-electron chi connectivity index (χ3n) is 1.55. The van der Waals surface area contributed by atoms with E-state index in [1.165, 1.54) is 12.3 Å². The molecule has 14 heavy (non-hydrogen) atoms. The molecule has 0 aliphatic carbocycles. The number of anilines is 2. The molecule has 6 heteroatoms. The Bertz CT molecular complexity index is 364. The van der Waals surface area contributed by atoms with Crippen LogP contribution in [0.5, 0.6) is 0 Å². The Morgan fingerprint density at radius 2 is 2.50 bits per heavy atom. The molecular formula is C8H10N4O2. The number of nitrogens with two attached hydrogens (primary N) is 1. The van der Waals surface area contributed by atoms with Crippen molar-refractivity contribution in [1.29, 1.82) is 0 Å². The predicted octanol–water partition coefficient (Wildman–Crippen LogP) is 1.17. The van der Waals surface area contributed by atoms with Crippen molar-refractivity contribution in [3.05, 3.63) is 35.0 Å². The van der Waals surface area contributed by atoms with E-state index in [9.17, 15) is 10.1 Å². The van der Waals surface area contributed by atoms with E-state index in [2.05, 4.69) is 16.9 Å². The summed E-state index contributed by atoms with van der Waals surface area (Å²) in [7, 11) is 0. The summed E-state index contributed by atoms with van der Waals surface area (Å²) >= 11 is 0. The lowest BCUT2D eigenvalue weighted by Crippen LogP contribution is -2.06. The number of hydrogen-bond acceptors (Lipinski definition) is 5. The van der Waals surface area contributed by atoms with E-state index in [-0.39, 0.29) is 17.2 Å². The van der Waals surface area contributed by atoms with Crippen LogP contribution in [-0.4, -0.2) is 16.5 Å². The zero-order valence-corrected chi connectivity index (χ0v) is 7.43. The maximum absolute atomic E-state index is 10.6. The molecule has 0 aliphatic heterocycles. The Hall–Kier alpha value is -2.11. The highest BCUT2D eigenvalue weighted by atomic mass is 16.6. The molecule has 0 aliphatic rings. The first-order chi connectivity index (χ1) is 6.66. The number of hydrogen-bond donors (Lipinski definition) is 2. The molecule has 3 N–H and O–H groups in total. The highest BCUT2D eigenvalue weighted by Gasteiger charge is 2.18. The van der Waals surface area contributed by atoms with Crippen LogP contribution in [0.3, 0.4) is 0 Å². The van der Waals surface area contributed by atoms with Crippen LogP contribution in [0.2, 0.25) is 0 Å². The van der Waals surface area contributed by atoms with Crippen molar-refractivity contribution in [2.45, 2.75) is 0 Å². The van der Waals surface area contributed by atoms with Gasteiger partial charge in [-0.05, 0) is 6.07 Å². The Morgan fingerprint density at radius 1 is 1.79 bits per heavy atom. The summed E-state index contributed by atoms with van der Waals surface area (Å²) in [6, 6.07) is 1.39. The van der Waals surface area contributed by atoms with Gasteiger partial charge in [0.05, 0.1) is 4.92 Å². The van der Waals surface area contributed by atoms with Gasteiger partial charge in [-0.1, -0.05) is 6.08 Å². The lowest BCUT2D eigenvalue weighted by Gasteiger charge is -2.04. The molecule has 0 saturated carbocycles. The van der Waals surface area contributed by atoms with Crippen LogP contribution in [0.15, 0.2) is 24.9 Å². The number of aromatic nitrogens is 1. The fraction of sp³-hybridized carbons (Fsp3) is 0.125. The maximum atomic E-state index is 10.6. The Kier molecular flexibility index (Phi) is 3.01. The van der Waals surface area contributed by atoms with E-state index < -0.39 is 4.92 Å². The fourth-order valence-electron chi connectivity index (χ4n) is 0.959. The first kappa shape index (κ1) is 9.97. The number of nitrogen functional groups attached to an aromatic ring is 1. The van der Waals surface area contributed by atoms with Gasteiger partial charge in [-0.2, -0.15) is 0 Å². The normalized spacial score (nSPS) is 9.43. The van der Waals surface area contributed by atoms with E-state index in [1.54, 1.807) is 6.08 Å². The number of rotatable bonds is 4. The Balaban J connectivity index is 3.07. The molecule has 0 unspecified atom stereocenters. The van der Waals surface area contributed by atoms with Gasteiger partial charge in [-0.15, -0.1) is 6.58 Å². The molecule has 0 aromatic carbocycles. The molecule has 0 bridgehead atoms. The monoisotopic (exact) mass is 194 g/mol. The van der Waals surface area contributed by atoms with Crippen LogP contribution >= 0.6 is 0 Å². The van der Waals surface area contributed by atoms with E-state index in [1.807, 2.05) is 0 Å². The zero-order valence-electron chi connectivity index (χ0n) is 7.43. The van der Waals surface area contributed by atoms with Crippen molar-refractivity contribution in [1.82, 2.24) is 4.98 Å². The van der Waals surface area contributed by atoms with Crippen molar-refractivity contribution in [3.8, 4) is 0 Å². The number of pyridine rings is 1. The van der Waals surface area contributed by atoms with Gasteiger partial charge in [0, 0.05) is 12.7 Å². The van der Waals surface area contributed by atoms with Gasteiger partial charge in [0.1, 0.15) is 5.69 Å². The predicted molar refractivity (Wildman–Crippen MR) is 54.0 cm³/mol. The lowest BCUT2D eigenvalue weighted by atomic mass is 10.3. The molecule has 0 amide bonds. The highest BCUT2D eigenvalue weighted by molar-refractivity contribution is 5.70. The van der Waals surface area contributed by atoms with Crippen molar-refractivity contribution in [3.63, 3.8) is 0 Å². The summed E-state index contributed by atoms with van der Waals surface area (Å²) in [6.07, 6.45) is 2.99. The van der Waals surface area contributed by atoms with Crippen molar-refractivity contribution in [2.24, 2.45) is 0 Å². The largest absolute Gasteiger partial charge is 0.393 e. The average molecular weight is 194 g/mol. The standard InChI is InChI=1S/C8H10N4O2/c1-2-4-10-8-7(12(13)14)6(9)3-5-11-8/h2-3,5H,1,4H2,(H3,9,10,11). The number of nitro groups is 1. The Labute approximate surface area is 80.6 Å². The summed E-state index contributed by atoms with van der Waals surface area (Å²) in [6.45, 7) is 3.88. The van der Waals surface area contributed by atoms with Crippen LogP contribution in [0.1, 0.15) is 0 Å². The van der Waals surface area contributed by atoms with Crippen LogP contribution < -0.4 is 11.1 Å². The summed E-state index contributed by atoms with van der Waals surface area (Å²) in [5, 5.41) is 13.4. The molecule has 1 aromatic rings. The van der Waals surface area contributed by atoms with Crippen molar-refractivity contribution < 1.29 is 4.92 Å². The van der Waals surface area contributed by atoms with Crippen LogP contribution in [0.4, 0.5) is 17.2 Å². The minimum atomic E-state index is -0.562. The number of nitrogens with zero attached hydrogens (tertiary/aromatic N) is 2. The lowest BCUT2D eigenvalue weighted by molar-refractivity contribution is -0.383. The molecule has 6 nitrogen and oxygen atoms in total. The molecule has 1 aromatic heterocycles. The smallest absolute Gasteiger partial charge is 0.333 e. The fourth-order valence-corrected chi connectivity index (χ4v) is 0.959. The third kappa shape index (κ3) is 1.98. The van der Waals surface area contributed by atoms with Crippen molar-refractivity contribution in [2.75, 3.05) is 17.6 Å². The second kappa shape index (κ2) is 4.22. The highest BCUT2D eigenvalue weighted by Crippen LogP contribution is 2.27. The molecule has 0 atom stereocenters. The molecular weight excluding hydrogens is 184 g/mol. The van der Waals surface area contributed by atoms with E-state index in [0.717, 1.165) is 0 Å². The average Bonchev–Trinajstić information content (AvgIpc) is 2.14. The summed E-state index contributed by atoms with van der Waals surface area (Å²) in [5.41, 5.74) is 5.34. The third-order valence-corrected chi connectivity index (χ3v) is 1.55. The SMILES string of the molecule is C=CCNc1nccc(N)c1[N+](=O)[O-]. The number of nitrogens with one attached hydrogen (secondary N) is 1. The molecule has 0 saturated heterocycles. The van der Waals surface area contributed by atoms with Crippen LogP contribution in [0, 0.1) is 10.1 Å². The first-order valence-corrected chi connectivity index (χ1v) is 3.90. The van der Waals surface area contributed by atoms with Gasteiger partial charge < -0.3 is 11.1 Å². The summed E-state index contributed by atoms with van der Waals surface area (Å²) in [4.78, 5) is 13.9. The van der Waals surface area contributed by atoms with Crippen LogP contribution in [-0.2, 0) is 0 Å². The van der Waals surface area contributed by atoms with Gasteiger partial charge in [-0.3, -0.25) is 10.1 Å². The van der Waals surface area contributed by atoms with Gasteiger partial charge >= 0.3 is 5.69 Å². The summed E-state index contributed by atoms with van der Waals surface area (Å²) < 4.78 is 0. The minimum Gasteiger partial charge on any atom is -0.393 e. The first-order valence-electron chi connectivity index (χ1n) is 3.90. The molecule has 1 rings (SSSR count). The van der Waals surface area contributed by atoms with Crippen LogP contribution in [0.25, 0.3) is 0 Å². The summed E-state index contributed by atoms with van der Waals surface area (Å²) in [5.74, 6) is 0.162. The topological polar surface area (TPSA) is 94.1 Å². The van der Waals surface area contributed by atoms with E-state index in [0.29, 0.717) is 6.54 Å². The second-order valence-electron chi connectivity index (χ2n) is 2.52. The molecule has 0 spiro atoms. The molecule has 0 radical (unpaired) electrons. The molecule has 1 heterocycles. The van der Waals surface area contributed by atoms with Gasteiger partial charge in [-0.25, -0.2) is 4.98 Å². The van der Waals surface area contributed by atoms with Crippen molar-refractivity contribution >= 4 is 17.2 Å². The second-order valence-corrected chi connectivity index (χ2v) is 2.52. The van der Waals surface area contributed by atoms with Gasteiger partial charge in [0.15, 0.2) is 0 Å². The zero-order chi connectivity index (χ0) is 10.6. The van der Waals surface area contributed by atoms with E-state index in [4.69, 9.17) is 5.73 Å². The minimum absolute atomic E-state index is 0.0940. The molecule has 74 valence electrons. The van der Waals surface area contributed by atoms with Gasteiger partial charge in [0.25, 0.3) is 0 Å².